The molecule has 1 aromatic carbocycles. The van der Waals surface area contributed by atoms with Gasteiger partial charge in [-0.3, -0.25) is 0 Å². The molecule has 0 unspecified atom stereocenters. The molecular formula is C12H16F3NOS. The Kier molecular flexibility index (Phi) is 5.34. The summed E-state index contributed by atoms with van der Waals surface area (Å²) in [7, 11) is -1.70. The summed E-state index contributed by atoms with van der Waals surface area (Å²) in [5, 5.41) is 0. The van der Waals surface area contributed by atoms with Gasteiger partial charge in [-0.2, -0.15) is 13.2 Å². The molecule has 1 aromatic rings. The first-order valence-electron chi connectivity index (χ1n) is 5.57. The standard InChI is InChI=1S/C12H16F3NOS/c1-9(2)8-18(17)16-11(12(13,14)15)10-6-4-3-5-7-10/h3-7,9,11,16H,8H2,1-2H3/t11-,18-/m0/s1. The molecule has 0 heterocycles. The van der Waals surface area contributed by atoms with Crippen molar-refractivity contribution in [2.45, 2.75) is 26.1 Å². The second kappa shape index (κ2) is 6.33. The van der Waals surface area contributed by atoms with Crippen molar-refractivity contribution in [2.24, 2.45) is 5.92 Å². The van der Waals surface area contributed by atoms with Crippen molar-refractivity contribution in [3.63, 3.8) is 0 Å². The summed E-state index contributed by atoms with van der Waals surface area (Å²) >= 11 is 0. The smallest absolute Gasteiger partial charge is 0.243 e. The number of hydrogen-bond donors (Lipinski definition) is 1. The first-order valence-corrected chi connectivity index (χ1v) is 6.89. The van der Waals surface area contributed by atoms with Crippen molar-refractivity contribution >= 4 is 11.0 Å². The van der Waals surface area contributed by atoms with Crippen LogP contribution in [0.25, 0.3) is 0 Å². The molecule has 0 bridgehead atoms. The third-order valence-electron chi connectivity index (χ3n) is 2.19. The van der Waals surface area contributed by atoms with E-state index >= 15 is 0 Å². The molecule has 0 aliphatic rings. The van der Waals surface area contributed by atoms with E-state index in [9.17, 15) is 17.4 Å². The molecule has 0 aliphatic carbocycles. The Bertz CT molecular complexity index is 392. The molecule has 0 aromatic heterocycles. The van der Waals surface area contributed by atoms with Crippen molar-refractivity contribution in [2.75, 3.05) is 5.75 Å². The van der Waals surface area contributed by atoms with Crippen LogP contribution < -0.4 is 4.72 Å². The minimum Gasteiger partial charge on any atom is -0.243 e. The summed E-state index contributed by atoms with van der Waals surface area (Å²) < 4.78 is 52.5. The zero-order valence-electron chi connectivity index (χ0n) is 10.2. The molecule has 0 saturated carbocycles. The quantitative estimate of drug-likeness (QED) is 0.881. The summed E-state index contributed by atoms with van der Waals surface area (Å²) in [6.45, 7) is 3.62. The topological polar surface area (TPSA) is 29.1 Å². The Balaban J connectivity index is 2.85. The molecule has 0 amide bonds. The number of alkyl halides is 3. The van der Waals surface area contributed by atoms with Crippen molar-refractivity contribution < 1.29 is 17.4 Å². The molecule has 18 heavy (non-hydrogen) atoms. The van der Waals surface area contributed by atoms with Gasteiger partial charge >= 0.3 is 6.18 Å². The van der Waals surface area contributed by atoms with Crippen LogP contribution in [-0.2, 0) is 11.0 Å². The number of hydrogen-bond acceptors (Lipinski definition) is 1. The molecule has 1 rings (SSSR count). The maximum atomic E-state index is 12.9. The summed E-state index contributed by atoms with van der Waals surface area (Å²) in [5.41, 5.74) is 0.0714. The Labute approximate surface area is 107 Å². The summed E-state index contributed by atoms with van der Waals surface area (Å²) in [5.74, 6) is 0.266. The van der Waals surface area contributed by atoms with E-state index in [1.165, 1.54) is 24.3 Å². The van der Waals surface area contributed by atoms with Gasteiger partial charge in [0.2, 0.25) is 0 Å². The monoisotopic (exact) mass is 279 g/mol. The molecule has 6 heteroatoms. The highest BCUT2D eigenvalue weighted by molar-refractivity contribution is 7.83. The molecule has 0 aliphatic heterocycles. The van der Waals surface area contributed by atoms with Crippen LogP contribution in [0.4, 0.5) is 13.2 Å². The van der Waals surface area contributed by atoms with Gasteiger partial charge in [0.05, 0.1) is 11.0 Å². The number of nitrogens with one attached hydrogen (secondary N) is 1. The highest BCUT2D eigenvalue weighted by Gasteiger charge is 2.41. The maximum Gasteiger partial charge on any atom is 0.408 e. The van der Waals surface area contributed by atoms with Crippen LogP contribution in [0, 0.1) is 5.92 Å². The lowest BCUT2D eigenvalue weighted by atomic mass is 10.1. The van der Waals surface area contributed by atoms with Gasteiger partial charge in [-0.15, -0.1) is 0 Å². The average Bonchev–Trinajstić information content (AvgIpc) is 2.24. The van der Waals surface area contributed by atoms with Crippen LogP contribution >= 0.6 is 0 Å². The van der Waals surface area contributed by atoms with Crippen LogP contribution in [0.3, 0.4) is 0 Å². The van der Waals surface area contributed by atoms with Gasteiger partial charge in [-0.1, -0.05) is 44.2 Å². The minimum atomic E-state index is -4.46. The van der Waals surface area contributed by atoms with Crippen molar-refractivity contribution in [1.29, 1.82) is 0 Å². The molecule has 0 radical (unpaired) electrons. The molecular weight excluding hydrogens is 263 g/mol. The Hall–Kier alpha value is -0.880. The van der Waals surface area contributed by atoms with E-state index in [0.717, 1.165) is 0 Å². The van der Waals surface area contributed by atoms with Crippen LogP contribution in [0.1, 0.15) is 25.5 Å². The largest absolute Gasteiger partial charge is 0.408 e. The number of halogens is 3. The van der Waals surface area contributed by atoms with Crippen LogP contribution in [0.2, 0.25) is 0 Å². The van der Waals surface area contributed by atoms with E-state index in [0.29, 0.717) is 0 Å². The second-order valence-electron chi connectivity index (χ2n) is 4.41. The fourth-order valence-electron chi connectivity index (χ4n) is 1.45. The summed E-state index contributed by atoms with van der Waals surface area (Å²) in [4.78, 5) is 0. The van der Waals surface area contributed by atoms with Crippen molar-refractivity contribution in [1.82, 2.24) is 4.72 Å². The summed E-state index contributed by atoms with van der Waals surface area (Å²) in [6.07, 6.45) is -4.46. The predicted octanol–water partition coefficient (Wildman–Crippen LogP) is 3.20. The highest BCUT2D eigenvalue weighted by Crippen LogP contribution is 2.32. The lowest BCUT2D eigenvalue weighted by molar-refractivity contribution is -0.152. The first-order chi connectivity index (χ1) is 8.30. The van der Waals surface area contributed by atoms with Gasteiger partial charge in [0, 0.05) is 5.75 Å². The van der Waals surface area contributed by atoms with Gasteiger partial charge in [-0.05, 0) is 11.5 Å². The van der Waals surface area contributed by atoms with Gasteiger partial charge in [-0.25, -0.2) is 8.93 Å². The zero-order chi connectivity index (χ0) is 13.8. The van der Waals surface area contributed by atoms with E-state index in [-0.39, 0.29) is 17.2 Å². The normalized spacial score (nSPS) is 15.7. The Morgan fingerprint density at radius 1 is 1.22 bits per heavy atom. The molecule has 1 N–H and O–H groups in total. The van der Waals surface area contributed by atoms with Gasteiger partial charge in [0.25, 0.3) is 0 Å². The predicted molar refractivity (Wildman–Crippen MR) is 66.2 cm³/mol. The maximum absolute atomic E-state index is 12.9. The third-order valence-corrected chi connectivity index (χ3v) is 3.66. The average molecular weight is 279 g/mol. The van der Waals surface area contributed by atoms with Crippen molar-refractivity contribution in [3.05, 3.63) is 35.9 Å². The van der Waals surface area contributed by atoms with Crippen LogP contribution in [0.5, 0.6) is 0 Å². The second-order valence-corrected chi connectivity index (χ2v) is 5.67. The first kappa shape index (κ1) is 15.2. The minimum absolute atomic E-state index is 0.0714. The van der Waals surface area contributed by atoms with Gasteiger partial charge in [0.1, 0.15) is 6.04 Å². The van der Waals surface area contributed by atoms with E-state index in [2.05, 4.69) is 4.72 Å². The Morgan fingerprint density at radius 3 is 2.22 bits per heavy atom. The molecule has 0 fully saturated rings. The van der Waals surface area contributed by atoms with Gasteiger partial charge in [0.15, 0.2) is 0 Å². The van der Waals surface area contributed by atoms with Gasteiger partial charge < -0.3 is 0 Å². The summed E-state index contributed by atoms with van der Waals surface area (Å²) in [6, 6.07) is 5.55. The fraction of sp³-hybridized carbons (Fsp3) is 0.500. The molecule has 2 atom stereocenters. The lowest BCUT2D eigenvalue weighted by Gasteiger charge is -2.21. The van der Waals surface area contributed by atoms with E-state index in [1.54, 1.807) is 6.07 Å². The van der Waals surface area contributed by atoms with E-state index in [1.807, 2.05) is 13.8 Å². The Morgan fingerprint density at radius 2 is 1.78 bits per heavy atom. The SMILES string of the molecule is CC(C)C[S@](=O)N[C@@H](c1ccccc1)C(F)(F)F. The lowest BCUT2D eigenvalue weighted by Crippen LogP contribution is -2.36. The molecule has 102 valence electrons. The van der Waals surface area contributed by atoms with Crippen molar-refractivity contribution in [3.8, 4) is 0 Å². The number of rotatable bonds is 5. The van der Waals surface area contributed by atoms with Crippen LogP contribution in [0.15, 0.2) is 30.3 Å². The molecule has 2 nitrogen and oxygen atoms in total. The molecule has 0 spiro atoms. The number of benzene rings is 1. The van der Waals surface area contributed by atoms with Crippen LogP contribution in [-0.4, -0.2) is 16.1 Å². The fourth-order valence-corrected chi connectivity index (χ4v) is 2.69. The molecule has 0 saturated heterocycles. The zero-order valence-corrected chi connectivity index (χ0v) is 11.0. The van der Waals surface area contributed by atoms with E-state index < -0.39 is 23.2 Å². The highest BCUT2D eigenvalue weighted by atomic mass is 32.2. The van der Waals surface area contributed by atoms with E-state index in [4.69, 9.17) is 0 Å². The third kappa shape index (κ3) is 4.78.